The fourth-order valence-corrected chi connectivity index (χ4v) is 2.74. The molecule has 0 heterocycles. The minimum absolute atomic E-state index is 0.531. The summed E-state index contributed by atoms with van der Waals surface area (Å²) < 4.78 is 37.4. The molecule has 1 unspecified atom stereocenters. The van der Waals surface area contributed by atoms with Crippen molar-refractivity contribution in [3.8, 4) is 0 Å². The molecule has 0 amide bonds. The van der Waals surface area contributed by atoms with Gasteiger partial charge in [0.15, 0.2) is 0 Å². The molecule has 1 atom stereocenters. The Bertz CT molecular complexity index is 591. The van der Waals surface area contributed by atoms with E-state index in [1.54, 1.807) is 6.92 Å². The van der Waals surface area contributed by atoms with Gasteiger partial charge in [-0.1, -0.05) is 24.3 Å². The predicted molar refractivity (Wildman–Crippen MR) is 78.1 cm³/mol. The third kappa shape index (κ3) is 4.51. The van der Waals surface area contributed by atoms with E-state index in [1.807, 2.05) is 24.3 Å². The highest BCUT2D eigenvalue weighted by Crippen LogP contribution is 2.30. The third-order valence-corrected chi connectivity index (χ3v) is 4.09. The molecule has 0 saturated carbocycles. The number of alkyl halides is 3. The number of hydrogen-bond acceptors (Lipinski definition) is 2. The molecule has 0 aromatic heterocycles. The highest BCUT2D eigenvalue weighted by molar-refractivity contribution is 7.98. The van der Waals surface area contributed by atoms with Gasteiger partial charge in [0.05, 0.1) is 11.7 Å². The quantitative estimate of drug-likeness (QED) is 0.797. The molecule has 5 heteroatoms. The highest BCUT2D eigenvalue weighted by atomic mass is 32.2. The monoisotopic (exact) mass is 312 g/mol. The molecule has 0 aliphatic heterocycles. The maximum Gasteiger partial charge on any atom is 0.416 e. The summed E-state index contributed by atoms with van der Waals surface area (Å²) in [4.78, 5) is 0.980. The average Bonchev–Trinajstić information content (AvgIpc) is 2.45. The lowest BCUT2D eigenvalue weighted by Crippen LogP contribution is -2.04. The first-order valence-electron chi connectivity index (χ1n) is 6.43. The molecule has 0 aliphatic carbocycles. The van der Waals surface area contributed by atoms with Crippen LogP contribution in [-0.2, 0) is 11.9 Å². The Kier molecular flexibility index (Phi) is 4.96. The summed E-state index contributed by atoms with van der Waals surface area (Å²) >= 11 is 1.53. The van der Waals surface area contributed by atoms with Crippen LogP contribution in [0.3, 0.4) is 0 Å². The summed E-state index contributed by atoms with van der Waals surface area (Å²) in [5.41, 5.74) is 1.02. The van der Waals surface area contributed by atoms with Crippen LogP contribution < -0.4 is 0 Å². The molecule has 0 saturated heterocycles. The van der Waals surface area contributed by atoms with E-state index in [4.69, 9.17) is 0 Å². The van der Waals surface area contributed by atoms with E-state index in [2.05, 4.69) is 0 Å². The van der Waals surface area contributed by atoms with Gasteiger partial charge in [0.2, 0.25) is 0 Å². The number of aliphatic hydroxyl groups excluding tert-OH is 1. The van der Waals surface area contributed by atoms with Gasteiger partial charge in [-0.2, -0.15) is 13.2 Å². The van der Waals surface area contributed by atoms with Gasteiger partial charge in [-0.05, 0) is 42.3 Å². The molecule has 2 aromatic carbocycles. The molecule has 0 bridgehead atoms. The molecule has 1 nitrogen and oxygen atoms in total. The molecule has 2 rings (SSSR count). The van der Waals surface area contributed by atoms with E-state index < -0.39 is 17.8 Å². The lowest BCUT2D eigenvalue weighted by Gasteiger charge is -2.09. The van der Waals surface area contributed by atoms with Crippen LogP contribution in [-0.4, -0.2) is 5.11 Å². The second kappa shape index (κ2) is 6.54. The standard InChI is InChI=1S/C16H15F3OS/c1-11(20)13-3-2-4-15(9-13)21-10-12-5-7-14(8-6-12)16(17,18)19/h2-9,11,20H,10H2,1H3. The minimum Gasteiger partial charge on any atom is -0.389 e. The van der Waals surface area contributed by atoms with E-state index in [1.165, 1.54) is 23.9 Å². The third-order valence-electron chi connectivity index (χ3n) is 3.03. The molecule has 0 aliphatic rings. The predicted octanol–water partition coefficient (Wildman–Crippen LogP) is 5.05. The van der Waals surface area contributed by atoms with Crippen LogP contribution >= 0.6 is 11.8 Å². The lowest BCUT2D eigenvalue weighted by molar-refractivity contribution is -0.137. The van der Waals surface area contributed by atoms with E-state index in [0.717, 1.165) is 28.2 Å². The summed E-state index contributed by atoms with van der Waals surface area (Å²) in [6.45, 7) is 1.69. The molecular weight excluding hydrogens is 297 g/mol. The minimum atomic E-state index is -4.29. The molecule has 0 radical (unpaired) electrons. The summed E-state index contributed by atoms with van der Waals surface area (Å²) in [7, 11) is 0. The van der Waals surface area contributed by atoms with E-state index in [-0.39, 0.29) is 0 Å². The Balaban J connectivity index is 2.01. The van der Waals surface area contributed by atoms with Gasteiger partial charge in [0.1, 0.15) is 0 Å². The van der Waals surface area contributed by atoms with Gasteiger partial charge in [-0.25, -0.2) is 0 Å². The Labute approximate surface area is 125 Å². The van der Waals surface area contributed by atoms with Crippen molar-refractivity contribution in [1.29, 1.82) is 0 Å². The van der Waals surface area contributed by atoms with E-state index in [9.17, 15) is 18.3 Å². The van der Waals surface area contributed by atoms with Gasteiger partial charge in [-0.15, -0.1) is 11.8 Å². The van der Waals surface area contributed by atoms with Crippen LogP contribution in [0.2, 0.25) is 0 Å². The second-order valence-corrected chi connectivity index (χ2v) is 5.78. The summed E-state index contributed by atoms with van der Waals surface area (Å²) in [5.74, 6) is 0.585. The molecule has 0 fully saturated rings. The summed E-state index contributed by atoms with van der Waals surface area (Å²) in [5, 5.41) is 9.52. The van der Waals surface area contributed by atoms with E-state index in [0.29, 0.717) is 5.75 Å². The van der Waals surface area contributed by atoms with Gasteiger partial charge in [-0.3, -0.25) is 0 Å². The number of aliphatic hydroxyl groups is 1. The lowest BCUT2D eigenvalue weighted by atomic mass is 10.1. The molecule has 0 spiro atoms. The van der Waals surface area contributed by atoms with Crippen LogP contribution in [0.4, 0.5) is 13.2 Å². The number of rotatable bonds is 4. The Hall–Kier alpha value is -1.46. The van der Waals surface area contributed by atoms with Gasteiger partial charge < -0.3 is 5.11 Å². The first-order valence-corrected chi connectivity index (χ1v) is 7.42. The van der Waals surface area contributed by atoms with Gasteiger partial charge in [0.25, 0.3) is 0 Å². The van der Waals surface area contributed by atoms with Gasteiger partial charge in [0, 0.05) is 10.6 Å². The molecule has 2 aromatic rings. The fraction of sp³-hybridized carbons (Fsp3) is 0.250. The largest absolute Gasteiger partial charge is 0.416 e. The van der Waals surface area contributed by atoms with Crippen molar-refractivity contribution in [2.24, 2.45) is 0 Å². The normalized spacial score (nSPS) is 13.2. The number of benzene rings is 2. The van der Waals surface area contributed by atoms with Crippen LogP contribution in [0, 0.1) is 0 Å². The highest BCUT2D eigenvalue weighted by Gasteiger charge is 2.29. The van der Waals surface area contributed by atoms with Crippen molar-refractivity contribution in [3.05, 3.63) is 65.2 Å². The second-order valence-electron chi connectivity index (χ2n) is 4.73. The number of hydrogen-bond donors (Lipinski definition) is 1. The van der Waals surface area contributed by atoms with Gasteiger partial charge >= 0.3 is 6.18 Å². The molecule has 1 N–H and O–H groups in total. The smallest absolute Gasteiger partial charge is 0.389 e. The molecule has 112 valence electrons. The zero-order valence-corrected chi connectivity index (χ0v) is 12.2. The summed E-state index contributed by atoms with van der Waals surface area (Å²) in [6, 6.07) is 12.7. The first kappa shape index (κ1) is 15.9. The van der Waals surface area contributed by atoms with Crippen molar-refractivity contribution >= 4 is 11.8 Å². The zero-order chi connectivity index (χ0) is 15.5. The summed E-state index contributed by atoms with van der Waals surface area (Å²) in [6.07, 6.45) is -4.83. The topological polar surface area (TPSA) is 20.2 Å². The Morgan fingerprint density at radius 3 is 2.33 bits per heavy atom. The first-order chi connectivity index (χ1) is 9.86. The van der Waals surface area contributed by atoms with E-state index >= 15 is 0 Å². The molecular formula is C16H15F3OS. The van der Waals surface area contributed by atoms with Crippen molar-refractivity contribution in [2.75, 3.05) is 0 Å². The maximum absolute atomic E-state index is 12.5. The SMILES string of the molecule is CC(O)c1cccc(SCc2ccc(C(F)(F)F)cc2)c1. The van der Waals surface area contributed by atoms with Crippen LogP contribution in [0.15, 0.2) is 53.4 Å². The number of thioether (sulfide) groups is 1. The van der Waals surface area contributed by atoms with Crippen molar-refractivity contribution in [3.63, 3.8) is 0 Å². The van der Waals surface area contributed by atoms with Crippen LogP contribution in [0.5, 0.6) is 0 Å². The van der Waals surface area contributed by atoms with Crippen LogP contribution in [0.25, 0.3) is 0 Å². The Morgan fingerprint density at radius 1 is 1.10 bits per heavy atom. The number of halogens is 3. The average molecular weight is 312 g/mol. The fourth-order valence-electron chi connectivity index (χ4n) is 1.82. The van der Waals surface area contributed by atoms with Crippen molar-refractivity contribution in [2.45, 2.75) is 29.9 Å². The molecule has 21 heavy (non-hydrogen) atoms. The van der Waals surface area contributed by atoms with Crippen LogP contribution in [0.1, 0.15) is 29.7 Å². The Morgan fingerprint density at radius 2 is 1.76 bits per heavy atom. The zero-order valence-electron chi connectivity index (χ0n) is 11.4. The van der Waals surface area contributed by atoms with Crippen molar-refractivity contribution in [1.82, 2.24) is 0 Å². The maximum atomic E-state index is 12.5. The van der Waals surface area contributed by atoms with Crippen molar-refractivity contribution < 1.29 is 18.3 Å².